The number of rotatable bonds is 13. The molecule has 5 unspecified atom stereocenters. The summed E-state index contributed by atoms with van der Waals surface area (Å²) in [6.07, 6.45) is -0.420. The van der Waals surface area contributed by atoms with E-state index in [4.69, 9.17) is 14.6 Å². The molecule has 1 aliphatic carbocycles. The first-order valence-corrected chi connectivity index (χ1v) is 12.8. The van der Waals surface area contributed by atoms with E-state index in [1.54, 1.807) is 12.2 Å². The van der Waals surface area contributed by atoms with E-state index in [1.807, 2.05) is 20.8 Å². The number of carbonyl (C=O) groups excluding carboxylic acids is 1. The van der Waals surface area contributed by atoms with Crippen molar-refractivity contribution in [3.05, 3.63) is 12.2 Å². The fraction of sp³-hybridized carbons (Fsp3) is 0.840. The summed E-state index contributed by atoms with van der Waals surface area (Å²) < 4.78 is 11.1. The summed E-state index contributed by atoms with van der Waals surface area (Å²) >= 11 is 0. The van der Waals surface area contributed by atoms with Crippen LogP contribution in [-0.2, 0) is 19.1 Å². The quantitative estimate of drug-likeness (QED) is 0.158. The number of carbonyl (C=O) groups is 2. The number of aliphatic hydroxyl groups is 5. The molecule has 2 aliphatic rings. The van der Waals surface area contributed by atoms with E-state index in [-0.39, 0.29) is 30.5 Å². The Morgan fingerprint density at radius 3 is 2.34 bits per heavy atom. The first-order chi connectivity index (χ1) is 16.7. The predicted octanol–water partition coefficient (Wildman–Crippen LogP) is 1.16. The van der Waals surface area contributed by atoms with Crippen molar-refractivity contribution in [2.75, 3.05) is 6.61 Å². The maximum Gasteiger partial charge on any atom is 0.303 e. The van der Waals surface area contributed by atoms with Crippen LogP contribution in [-0.4, -0.2) is 91.9 Å². The molecule has 1 heterocycles. The number of Topliss-reactive ketones (excluding diaryl/α,β-unsaturated/α-hetero) is 1. The minimum Gasteiger partial charge on any atom is -0.481 e. The number of ether oxygens (including phenoxy) is 2. The molecule has 0 aromatic carbocycles. The zero-order chi connectivity index (χ0) is 26.5. The lowest BCUT2D eigenvalue weighted by atomic mass is 9.88. The Morgan fingerprint density at radius 2 is 1.74 bits per heavy atom. The number of carboxylic acids is 1. The van der Waals surface area contributed by atoms with Crippen LogP contribution in [0.1, 0.15) is 72.1 Å². The number of aliphatic carboxylic acids is 1. The normalized spacial score (nSPS) is 34.0. The lowest BCUT2D eigenvalue weighted by Crippen LogP contribution is -2.59. The number of ketones is 1. The molecule has 0 aromatic rings. The van der Waals surface area contributed by atoms with Crippen LogP contribution in [0.15, 0.2) is 12.2 Å². The van der Waals surface area contributed by atoms with E-state index in [1.165, 1.54) is 0 Å². The fourth-order valence-electron chi connectivity index (χ4n) is 4.47. The lowest BCUT2D eigenvalue weighted by Gasteiger charge is -2.40. The molecular weight excluding hydrogens is 460 g/mol. The molecule has 1 saturated heterocycles. The third-order valence-corrected chi connectivity index (χ3v) is 6.50. The number of carboxylic acid groups (broad SMARTS) is 1. The highest BCUT2D eigenvalue weighted by atomic mass is 16.7. The van der Waals surface area contributed by atoms with Gasteiger partial charge in [-0.1, -0.05) is 52.2 Å². The number of hydrogen-bond acceptors (Lipinski definition) is 9. The largest absolute Gasteiger partial charge is 0.481 e. The van der Waals surface area contributed by atoms with Gasteiger partial charge < -0.3 is 40.1 Å². The summed E-state index contributed by atoms with van der Waals surface area (Å²) in [5, 5.41) is 58.4. The van der Waals surface area contributed by atoms with Gasteiger partial charge in [-0.05, 0) is 19.3 Å². The van der Waals surface area contributed by atoms with Crippen molar-refractivity contribution in [3.8, 4) is 0 Å². The van der Waals surface area contributed by atoms with Crippen LogP contribution < -0.4 is 0 Å². The van der Waals surface area contributed by atoms with Gasteiger partial charge in [0, 0.05) is 24.7 Å². The van der Waals surface area contributed by atoms with Crippen LogP contribution in [0.25, 0.3) is 0 Å². The Balaban J connectivity index is 0.00000298. The standard InChI is InChI=1S/C23H38O10.C2H6/c1-2-13(32-23-22(31)21(30)20(29)18(12-24)33-23)9-10-15-14(16(25)11-17(15)26)7-5-3-4-6-8-19(27)28;1-2/h9-10,13-15,17-18,20-24,26,29-31H,2-8,11-12H2,1H3,(H,27,28);1-2H3/t13?,14?,15?,17?,18-,20-,21+,22-,23?;/m1./s1. The second-order valence-electron chi connectivity index (χ2n) is 8.93. The van der Waals surface area contributed by atoms with Gasteiger partial charge in [-0.3, -0.25) is 9.59 Å². The van der Waals surface area contributed by atoms with Gasteiger partial charge in [0.05, 0.1) is 18.8 Å². The average molecular weight is 505 g/mol. The smallest absolute Gasteiger partial charge is 0.303 e. The molecule has 2 rings (SSSR count). The molecule has 9 atom stereocenters. The molecule has 0 bridgehead atoms. The molecule has 0 radical (unpaired) electrons. The number of unbranched alkanes of at least 4 members (excludes halogenated alkanes) is 3. The van der Waals surface area contributed by atoms with Gasteiger partial charge in [0.1, 0.15) is 30.2 Å². The maximum atomic E-state index is 12.4. The van der Waals surface area contributed by atoms with Crippen molar-refractivity contribution in [2.45, 2.75) is 115 Å². The Kier molecular flexibility index (Phi) is 14.8. The van der Waals surface area contributed by atoms with Crippen LogP contribution in [0.2, 0.25) is 0 Å². The summed E-state index contributed by atoms with van der Waals surface area (Å²) in [5.41, 5.74) is 0. The second kappa shape index (κ2) is 16.4. The highest BCUT2D eigenvalue weighted by molar-refractivity contribution is 5.84. The topological polar surface area (TPSA) is 174 Å². The monoisotopic (exact) mass is 504 g/mol. The zero-order valence-corrected chi connectivity index (χ0v) is 21.0. The Labute approximate surface area is 207 Å². The van der Waals surface area contributed by atoms with Gasteiger partial charge >= 0.3 is 5.97 Å². The van der Waals surface area contributed by atoms with Crippen LogP contribution in [0.3, 0.4) is 0 Å². The molecule has 0 spiro atoms. The molecule has 6 N–H and O–H groups in total. The van der Waals surface area contributed by atoms with Crippen LogP contribution in [0, 0.1) is 11.8 Å². The minimum absolute atomic E-state index is 0.00517. The molecule has 35 heavy (non-hydrogen) atoms. The summed E-state index contributed by atoms with van der Waals surface area (Å²) in [5.74, 6) is -1.50. The Hall–Kier alpha value is -1.40. The molecule has 10 heteroatoms. The number of aliphatic hydroxyl groups excluding tert-OH is 5. The molecule has 10 nitrogen and oxygen atoms in total. The fourth-order valence-corrected chi connectivity index (χ4v) is 4.47. The van der Waals surface area contributed by atoms with Crippen LogP contribution >= 0.6 is 0 Å². The molecule has 1 aliphatic heterocycles. The maximum absolute atomic E-state index is 12.4. The summed E-state index contributed by atoms with van der Waals surface area (Å²) in [6.45, 7) is 5.29. The third-order valence-electron chi connectivity index (χ3n) is 6.50. The van der Waals surface area contributed by atoms with Gasteiger partial charge in [-0.25, -0.2) is 0 Å². The Morgan fingerprint density at radius 1 is 1.09 bits per heavy atom. The van der Waals surface area contributed by atoms with Crippen molar-refractivity contribution in [3.63, 3.8) is 0 Å². The van der Waals surface area contributed by atoms with Crippen molar-refractivity contribution in [2.24, 2.45) is 11.8 Å². The molecule has 0 aromatic heterocycles. The molecule has 2 fully saturated rings. The minimum atomic E-state index is -1.53. The van der Waals surface area contributed by atoms with E-state index in [9.17, 15) is 35.1 Å². The van der Waals surface area contributed by atoms with E-state index in [0.717, 1.165) is 19.3 Å². The predicted molar refractivity (Wildman–Crippen MR) is 127 cm³/mol. The van der Waals surface area contributed by atoms with Crippen molar-refractivity contribution >= 4 is 11.8 Å². The van der Waals surface area contributed by atoms with Crippen LogP contribution in [0.5, 0.6) is 0 Å². The summed E-state index contributed by atoms with van der Waals surface area (Å²) in [6, 6.07) is 0. The van der Waals surface area contributed by atoms with Crippen LogP contribution in [0.4, 0.5) is 0 Å². The molecule has 204 valence electrons. The Bertz CT molecular complexity index is 652. The van der Waals surface area contributed by atoms with E-state index < -0.39 is 55.5 Å². The van der Waals surface area contributed by atoms with E-state index in [2.05, 4.69) is 0 Å². The SMILES string of the molecule is CC.CCC(C=CC1C(O)CC(=O)C1CCCCCCC(=O)O)OC1O[C@H](CO)[C@@H](O)[C@H](O)[C@H]1O. The van der Waals surface area contributed by atoms with Gasteiger partial charge in [0.15, 0.2) is 6.29 Å². The van der Waals surface area contributed by atoms with Gasteiger partial charge in [0.25, 0.3) is 0 Å². The average Bonchev–Trinajstić information content (AvgIpc) is 3.11. The molecule has 1 saturated carbocycles. The second-order valence-corrected chi connectivity index (χ2v) is 8.93. The first kappa shape index (κ1) is 31.6. The summed E-state index contributed by atoms with van der Waals surface area (Å²) in [7, 11) is 0. The van der Waals surface area contributed by atoms with Crippen molar-refractivity contribution < 1.29 is 49.7 Å². The molecule has 0 amide bonds. The molecular formula is C25H44O10. The third kappa shape index (κ3) is 9.53. The first-order valence-electron chi connectivity index (χ1n) is 12.8. The van der Waals surface area contributed by atoms with Crippen molar-refractivity contribution in [1.29, 1.82) is 0 Å². The summed E-state index contributed by atoms with van der Waals surface area (Å²) in [4.78, 5) is 23.0. The van der Waals surface area contributed by atoms with E-state index in [0.29, 0.717) is 19.3 Å². The number of hydrogen-bond donors (Lipinski definition) is 6. The highest BCUT2D eigenvalue weighted by Gasteiger charge is 2.45. The zero-order valence-electron chi connectivity index (χ0n) is 21.0. The van der Waals surface area contributed by atoms with Gasteiger partial charge in [-0.2, -0.15) is 0 Å². The van der Waals surface area contributed by atoms with Gasteiger partial charge in [-0.15, -0.1) is 0 Å². The van der Waals surface area contributed by atoms with Gasteiger partial charge in [0.2, 0.25) is 0 Å². The lowest BCUT2D eigenvalue weighted by molar-refractivity contribution is -0.307. The van der Waals surface area contributed by atoms with Crippen molar-refractivity contribution in [1.82, 2.24) is 0 Å². The highest BCUT2D eigenvalue weighted by Crippen LogP contribution is 2.35. The van der Waals surface area contributed by atoms with E-state index >= 15 is 0 Å².